The lowest BCUT2D eigenvalue weighted by atomic mass is 10.1. The predicted octanol–water partition coefficient (Wildman–Crippen LogP) is 3.71. The molecule has 0 spiro atoms. The molecule has 0 aliphatic heterocycles. The van der Waals surface area contributed by atoms with E-state index in [-0.39, 0.29) is 12.1 Å². The Balaban J connectivity index is 1.98. The summed E-state index contributed by atoms with van der Waals surface area (Å²) in [5.74, 6) is -0.467. The fourth-order valence-corrected chi connectivity index (χ4v) is 2.62. The first-order valence-corrected chi connectivity index (χ1v) is 7.66. The van der Waals surface area contributed by atoms with Crippen molar-refractivity contribution >= 4 is 28.6 Å². The highest BCUT2D eigenvalue weighted by molar-refractivity contribution is 6.10. The standard InChI is InChI=1S/C20H14N4O/c21-10-11-24-14-16(18-8-4-5-9-19(18)24)12-15(13-22)20(25)23-17-6-2-1-3-7-17/h1-9,12,14H,11H2,(H,23,25)/b15-12-. The molecule has 0 saturated heterocycles. The molecule has 0 radical (unpaired) electrons. The molecule has 1 amide bonds. The topological polar surface area (TPSA) is 81.6 Å². The maximum absolute atomic E-state index is 12.4. The number of carbonyl (C=O) groups is 1. The minimum atomic E-state index is -0.467. The van der Waals surface area contributed by atoms with Crippen LogP contribution in [0.2, 0.25) is 0 Å². The molecule has 0 fully saturated rings. The van der Waals surface area contributed by atoms with Crippen LogP contribution in [0.15, 0.2) is 66.4 Å². The number of nitrogens with zero attached hydrogens (tertiary/aromatic N) is 3. The van der Waals surface area contributed by atoms with E-state index < -0.39 is 5.91 Å². The summed E-state index contributed by atoms with van der Waals surface area (Å²) in [6.07, 6.45) is 3.33. The minimum absolute atomic E-state index is 0.00344. The smallest absolute Gasteiger partial charge is 0.266 e. The number of amides is 1. The second kappa shape index (κ2) is 7.16. The molecule has 0 saturated carbocycles. The van der Waals surface area contributed by atoms with Gasteiger partial charge in [0.2, 0.25) is 0 Å². The van der Waals surface area contributed by atoms with Crippen LogP contribution in [0.3, 0.4) is 0 Å². The van der Waals surface area contributed by atoms with E-state index >= 15 is 0 Å². The Morgan fingerprint density at radius 2 is 1.80 bits per heavy atom. The summed E-state index contributed by atoms with van der Waals surface area (Å²) in [6.45, 7) is 0.201. The van der Waals surface area contributed by atoms with E-state index in [1.165, 1.54) is 0 Å². The van der Waals surface area contributed by atoms with Gasteiger partial charge in [-0.05, 0) is 24.3 Å². The Labute approximate surface area is 145 Å². The van der Waals surface area contributed by atoms with Crippen LogP contribution >= 0.6 is 0 Å². The highest BCUT2D eigenvalue weighted by Gasteiger charge is 2.12. The first kappa shape index (κ1) is 16.0. The lowest BCUT2D eigenvalue weighted by Gasteiger charge is -2.03. The van der Waals surface area contributed by atoms with Crippen molar-refractivity contribution in [2.45, 2.75) is 6.54 Å². The SMILES string of the molecule is N#CCn1cc(/C=C(/C#N)C(=O)Nc2ccccc2)c2ccccc21. The van der Waals surface area contributed by atoms with Crippen LogP contribution in [0.5, 0.6) is 0 Å². The minimum Gasteiger partial charge on any atom is -0.333 e. The Morgan fingerprint density at radius 3 is 2.52 bits per heavy atom. The Morgan fingerprint density at radius 1 is 1.08 bits per heavy atom. The zero-order chi connectivity index (χ0) is 17.6. The number of anilines is 1. The van der Waals surface area contributed by atoms with Gasteiger partial charge < -0.3 is 9.88 Å². The lowest BCUT2D eigenvalue weighted by Crippen LogP contribution is -2.13. The van der Waals surface area contributed by atoms with E-state index in [2.05, 4.69) is 11.4 Å². The van der Waals surface area contributed by atoms with E-state index in [0.29, 0.717) is 5.69 Å². The molecule has 0 bridgehead atoms. The molecule has 1 N–H and O–H groups in total. The van der Waals surface area contributed by atoms with Crippen molar-refractivity contribution in [1.82, 2.24) is 4.57 Å². The van der Waals surface area contributed by atoms with Gasteiger partial charge in [0, 0.05) is 28.4 Å². The second-order valence-electron chi connectivity index (χ2n) is 5.38. The van der Waals surface area contributed by atoms with Gasteiger partial charge in [0.25, 0.3) is 5.91 Å². The van der Waals surface area contributed by atoms with Crippen LogP contribution in [0, 0.1) is 22.7 Å². The first-order chi connectivity index (χ1) is 12.2. The summed E-state index contributed by atoms with van der Waals surface area (Å²) in [6, 6.07) is 20.6. The number of hydrogen-bond donors (Lipinski definition) is 1. The van der Waals surface area contributed by atoms with Gasteiger partial charge in [-0.15, -0.1) is 0 Å². The normalized spacial score (nSPS) is 10.9. The molecule has 5 nitrogen and oxygen atoms in total. The van der Waals surface area contributed by atoms with Gasteiger partial charge in [0.1, 0.15) is 18.2 Å². The molecule has 1 aromatic heterocycles. The Hall–Kier alpha value is -3.83. The van der Waals surface area contributed by atoms with Crippen molar-refractivity contribution in [3.05, 3.63) is 71.9 Å². The molecule has 0 aliphatic carbocycles. The van der Waals surface area contributed by atoms with Crippen molar-refractivity contribution in [2.24, 2.45) is 0 Å². The number of hydrogen-bond acceptors (Lipinski definition) is 3. The molecule has 0 unspecified atom stereocenters. The number of aromatic nitrogens is 1. The predicted molar refractivity (Wildman–Crippen MR) is 96.2 cm³/mol. The summed E-state index contributed by atoms with van der Waals surface area (Å²) in [5, 5.41) is 21.9. The van der Waals surface area contributed by atoms with Crippen LogP contribution in [-0.4, -0.2) is 10.5 Å². The van der Waals surface area contributed by atoms with E-state index in [1.54, 1.807) is 41.1 Å². The van der Waals surface area contributed by atoms with Crippen LogP contribution in [0.4, 0.5) is 5.69 Å². The fraction of sp³-hybridized carbons (Fsp3) is 0.0500. The summed E-state index contributed by atoms with van der Waals surface area (Å²) in [7, 11) is 0. The van der Waals surface area contributed by atoms with Crippen LogP contribution < -0.4 is 5.32 Å². The molecular weight excluding hydrogens is 312 g/mol. The molecule has 1 heterocycles. The molecule has 120 valence electrons. The summed E-state index contributed by atoms with van der Waals surface area (Å²) < 4.78 is 1.80. The molecule has 3 rings (SSSR count). The van der Waals surface area contributed by atoms with Crippen LogP contribution in [-0.2, 0) is 11.3 Å². The van der Waals surface area contributed by atoms with Gasteiger partial charge in [-0.1, -0.05) is 36.4 Å². The molecule has 3 aromatic rings. The molecule has 0 aliphatic rings. The van der Waals surface area contributed by atoms with Gasteiger partial charge in [-0.3, -0.25) is 4.79 Å². The summed E-state index contributed by atoms with van der Waals surface area (Å²) in [4.78, 5) is 12.4. The van der Waals surface area contributed by atoms with Crippen LogP contribution in [0.25, 0.3) is 17.0 Å². The highest BCUT2D eigenvalue weighted by Crippen LogP contribution is 2.23. The van der Waals surface area contributed by atoms with Gasteiger partial charge in [0.15, 0.2) is 0 Å². The number of para-hydroxylation sites is 2. The largest absolute Gasteiger partial charge is 0.333 e. The van der Waals surface area contributed by atoms with Crippen molar-refractivity contribution in [3.63, 3.8) is 0 Å². The maximum Gasteiger partial charge on any atom is 0.266 e. The van der Waals surface area contributed by atoms with Crippen molar-refractivity contribution in [2.75, 3.05) is 5.32 Å². The summed E-state index contributed by atoms with van der Waals surface area (Å²) in [5.41, 5.74) is 2.24. The number of fused-ring (bicyclic) bond motifs is 1. The van der Waals surface area contributed by atoms with Crippen molar-refractivity contribution < 1.29 is 4.79 Å². The number of carbonyl (C=O) groups excluding carboxylic acids is 1. The monoisotopic (exact) mass is 326 g/mol. The second-order valence-corrected chi connectivity index (χ2v) is 5.38. The van der Waals surface area contributed by atoms with Crippen LogP contribution in [0.1, 0.15) is 5.56 Å². The van der Waals surface area contributed by atoms with Gasteiger partial charge in [-0.2, -0.15) is 10.5 Å². The van der Waals surface area contributed by atoms with Gasteiger partial charge in [0.05, 0.1) is 6.07 Å². The third kappa shape index (κ3) is 3.41. The third-order valence-corrected chi connectivity index (χ3v) is 3.76. The molecular formula is C20H14N4O. The maximum atomic E-state index is 12.4. The number of rotatable bonds is 4. The van der Waals surface area contributed by atoms with E-state index in [4.69, 9.17) is 5.26 Å². The molecule has 0 atom stereocenters. The average Bonchev–Trinajstić information content (AvgIpc) is 2.98. The third-order valence-electron chi connectivity index (χ3n) is 3.76. The molecule has 25 heavy (non-hydrogen) atoms. The number of nitriles is 2. The highest BCUT2D eigenvalue weighted by atomic mass is 16.1. The fourth-order valence-electron chi connectivity index (χ4n) is 2.62. The first-order valence-electron chi connectivity index (χ1n) is 7.66. The number of benzene rings is 2. The van der Waals surface area contributed by atoms with Gasteiger partial charge >= 0.3 is 0 Å². The van der Waals surface area contributed by atoms with Crippen molar-refractivity contribution in [1.29, 1.82) is 10.5 Å². The lowest BCUT2D eigenvalue weighted by molar-refractivity contribution is -0.112. The van der Waals surface area contributed by atoms with E-state index in [0.717, 1.165) is 16.5 Å². The van der Waals surface area contributed by atoms with Crippen molar-refractivity contribution in [3.8, 4) is 12.1 Å². The molecule has 5 heteroatoms. The van der Waals surface area contributed by atoms with Gasteiger partial charge in [-0.25, -0.2) is 0 Å². The quantitative estimate of drug-likeness (QED) is 0.586. The van der Waals surface area contributed by atoms with E-state index in [1.807, 2.05) is 36.4 Å². The zero-order valence-corrected chi connectivity index (χ0v) is 13.3. The summed E-state index contributed by atoms with van der Waals surface area (Å²) >= 11 is 0. The molecule has 2 aromatic carbocycles. The van der Waals surface area contributed by atoms with E-state index in [9.17, 15) is 10.1 Å². The zero-order valence-electron chi connectivity index (χ0n) is 13.3. The Bertz CT molecular complexity index is 1030. The average molecular weight is 326 g/mol. The number of nitrogens with one attached hydrogen (secondary N) is 1. The Kier molecular flexibility index (Phi) is 4.60.